The van der Waals surface area contributed by atoms with Gasteiger partial charge in [-0.2, -0.15) is 13.2 Å². The molecule has 3 aromatic rings. The Morgan fingerprint density at radius 3 is 2.05 bits per heavy atom. The molecule has 37 heavy (non-hydrogen) atoms. The topological polar surface area (TPSA) is 0 Å². The van der Waals surface area contributed by atoms with Gasteiger partial charge in [-0.25, -0.2) is 4.39 Å². The van der Waals surface area contributed by atoms with Crippen molar-refractivity contribution in [3.05, 3.63) is 82.7 Å². The lowest BCUT2D eigenvalue weighted by Crippen LogP contribution is -2.15. The van der Waals surface area contributed by atoms with Crippen LogP contribution in [-0.4, -0.2) is 0 Å². The molecule has 0 heterocycles. The van der Waals surface area contributed by atoms with Gasteiger partial charge in [-0.15, -0.1) is 0 Å². The van der Waals surface area contributed by atoms with E-state index in [9.17, 15) is 13.2 Å². The Bertz CT molecular complexity index is 1120. The van der Waals surface area contributed by atoms with Gasteiger partial charge in [0.2, 0.25) is 0 Å². The van der Waals surface area contributed by atoms with Gasteiger partial charge in [0, 0.05) is 5.39 Å². The molecule has 4 rings (SSSR count). The fourth-order valence-electron chi connectivity index (χ4n) is 5.91. The molecule has 1 aliphatic carbocycles. The second kappa shape index (κ2) is 12.9. The van der Waals surface area contributed by atoms with Gasteiger partial charge in [0.15, 0.2) is 0 Å². The first-order valence-electron chi connectivity index (χ1n) is 14.2. The first-order chi connectivity index (χ1) is 17.8. The van der Waals surface area contributed by atoms with E-state index in [2.05, 4.69) is 19.1 Å². The highest BCUT2D eigenvalue weighted by molar-refractivity contribution is 5.84. The average Bonchev–Trinajstić information content (AvgIpc) is 2.90. The monoisotopic (exact) mass is 512 g/mol. The van der Waals surface area contributed by atoms with E-state index in [0.29, 0.717) is 23.8 Å². The molecule has 0 amide bonds. The standard InChI is InChI=1S/C33H40F4/c1-2-3-4-5-6-24-7-9-25(10-8-24)11-12-27-16-22-31-29(23-27)19-18-28(32(31)34)17-13-26-14-20-30(21-15-26)33(35,36)37/h14-16,18-25H,2-13,17H2,1H3. The number of halogens is 4. The van der Waals surface area contributed by atoms with E-state index in [4.69, 9.17) is 0 Å². The van der Waals surface area contributed by atoms with E-state index in [-0.39, 0.29) is 5.82 Å². The van der Waals surface area contributed by atoms with Crippen molar-refractivity contribution in [3.63, 3.8) is 0 Å². The van der Waals surface area contributed by atoms with Gasteiger partial charge in [-0.3, -0.25) is 0 Å². The van der Waals surface area contributed by atoms with E-state index >= 15 is 4.39 Å². The number of aryl methyl sites for hydroxylation is 3. The Labute approximate surface area is 219 Å². The van der Waals surface area contributed by atoms with Crippen molar-refractivity contribution in [1.82, 2.24) is 0 Å². The van der Waals surface area contributed by atoms with Crippen LogP contribution in [0, 0.1) is 17.7 Å². The molecule has 1 fully saturated rings. The summed E-state index contributed by atoms with van der Waals surface area (Å²) in [7, 11) is 0. The summed E-state index contributed by atoms with van der Waals surface area (Å²) >= 11 is 0. The minimum absolute atomic E-state index is 0.215. The summed E-state index contributed by atoms with van der Waals surface area (Å²) in [4.78, 5) is 0. The lowest BCUT2D eigenvalue weighted by atomic mass is 9.77. The third kappa shape index (κ3) is 7.82. The highest BCUT2D eigenvalue weighted by Crippen LogP contribution is 2.35. The fraction of sp³-hybridized carbons (Fsp3) is 0.515. The molecule has 0 aliphatic heterocycles. The van der Waals surface area contributed by atoms with Crippen molar-refractivity contribution in [2.24, 2.45) is 11.8 Å². The van der Waals surface area contributed by atoms with Gasteiger partial charge >= 0.3 is 6.18 Å². The maximum absolute atomic E-state index is 15.2. The van der Waals surface area contributed by atoms with Crippen LogP contribution in [0.1, 0.15) is 93.4 Å². The molecular formula is C33H40F4. The molecule has 0 radical (unpaired) electrons. The van der Waals surface area contributed by atoms with Gasteiger partial charge < -0.3 is 0 Å². The molecule has 1 aliphatic rings. The predicted octanol–water partition coefficient (Wildman–Crippen LogP) is 10.5. The minimum Gasteiger partial charge on any atom is -0.206 e. The Morgan fingerprint density at radius 1 is 0.703 bits per heavy atom. The largest absolute Gasteiger partial charge is 0.416 e. The van der Waals surface area contributed by atoms with Gasteiger partial charge in [0.1, 0.15) is 5.82 Å². The van der Waals surface area contributed by atoms with Crippen molar-refractivity contribution in [2.45, 2.75) is 96.6 Å². The maximum atomic E-state index is 15.2. The lowest BCUT2D eigenvalue weighted by Gasteiger charge is -2.28. The molecule has 3 aromatic carbocycles. The second-order valence-corrected chi connectivity index (χ2v) is 11.1. The summed E-state index contributed by atoms with van der Waals surface area (Å²) in [6.45, 7) is 2.27. The molecule has 0 N–H and O–H groups in total. The number of alkyl halides is 3. The Kier molecular flexibility index (Phi) is 9.67. The SMILES string of the molecule is CCCCCCC1CCC(CCc2ccc3c(F)c(CCc4ccc(C(F)(F)F)cc4)ccc3c2)CC1. The summed E-state index contributed by atoms with van der Waals surface area (Å²) < 4.78 is 53.5. The molecule has 0 spiro atoms. The van der Waals surface area contributed by atoms with E-state index in [1.165, 1.54) is 81.9 Å². The number of benzene rings is 3. The molecule has 0 saturated heterocycles. The third-order valence-electron chi connectivity index (χ3n) is 8.34. The molecule has 4 heteroatoms. The van der Waals surface area contributed by atoms with E-state index in [1.54, 1.807) is 0 Å². The van der Waals surface area contributed by atoms with E-state index < -0.39 is 11.7 Å². The summed E-state index contributed by atoms with van der Waals surface area (Å²) in [5, 5.41) is 1.54. The normalized spacial score (nSPS) is 18.4. The van der Waals surface area contributed by atoms with Crippen LogP contribution in [0.4, 0.5) is 17.6 Å². The van der Waals surface area contributed by atoms with Crippen LogP contribution in [0.15, 0.2) is 54.6 Å². The van der Waals surface area contributed by atoms with Gasteiger partial charge in [-0.05, 0) is 71.7 Å². The molecule has 0 atom stereocenters. The van der Waals surface area contributed by atoms with Gasteiger partial charge in [-0.1, -0.05) is 107 Å². The minimum atomic E-state index is -4.34. The van der Waals surface area contributed by atoms with Crippen LogP contribution in [0.3, 0.4) is 0 Å². The Balaban J connectivity index is 1.28. The van der Waals surface area contributed by atoms with Crippen LogP contribution in [0.5, 0.6) is 0 Å². The average molecular weight is 513 g/mol. The Morgan fingerprint density at radius 2 is 1.38 bits per heavy atom. The highest BCUT2D eigenvalue weighted by Gasteiger charge is 2.29. The second-order valence-electron chi connectivity index (χ2n) is 11.1. The molecular weight excluding hydrogens is 472 g/mol. The maximum Gasteiger partial charge on any atom is 0.416 e. The summed E-state index contributed by atoms with van der Waals surface area (Å²) in [5.74, 6) is 1.53. The number of hydrogen-bond acceptors (Lipinski definition) is 0. The van der Waals surface area contributed by atoms with Crippen LogP contribution in [0.2, 0.25) is 0 Å². The van der Waals surface area contributed by atoms with Crippen LogP contribution in [-0.2, 0) is 25.4 Å². The van der Waals surface area contributed by atoms with Crippen LogP contribution in [0.25, 0.3) is 10.8 Å². The summed E-state index contributed by atoms with van der Waals surface area (Å²) in [6, 6.07) is 15.0. The molecule has 200 valence electrons. The smallest absolute Gasteiger partial charge is 0.206 e. The first-order valence-corrected chi connectivity index (χ1v) is 14.2. The third-order valence-corrected chi connectivity index (χ3v) is 8.34. The van der Waals surface area contributed by atoms with Gasteiger partial charge in [0.25, 0.3) is 0 Å². The van der Waals surface area contributed by atoms with E-state index in [0.717, 1.165) is 41.3 Å². The lowest BCUT2D eigenvalue weighted by molar-refractivity contribution is -0.137. The molecule has 0 nitrogen and oxygen atoms in total. The van der Waals surface area contributed by atoms with Crippen molar-refractivity contribution < 1.29 is 17.6 Å². The molecule has 0 aromatic heterocycles. The zero-order chi connectivity index (χ0) is 26.3. The molecule has 1 saturated carbocycles. The number of hydrogen-bond donors (Lipinski definition) is 0. The fourth-order valence-corrected chi connectivity index (χ4v) is 5.91. The Hall–Kier alpha value is -2.36. The summed E-state index contributed by atoms with van der Waals surface area (Å²) in [6.07, 6.45) is 11.2. The highest BCUT2D eigenvalue weighted by atomic mass is 19.4. The van der Waals surface area contributed by atoms with Crippen molar-refractivity contribution >= 4 is 10.8 Å². The molecule has 0 unspecified atom stereocenters. The molecule has 0 bridgehead atoms. The first kappa shape index (κ1) is 27.7. The van der Waals surface area contributed by atoms with Gasteiger partial charge in [0.05, 0.1) is 5.56 Å². The number of fused-ring (bicyclic) bond motifs is 1. The van der Waals surface area contributed by atoms with Crippen molar-refractivity contribution in [2.75, 3.05) is 0 Å². The zero-order valence-corrected chi connectivity index (χ0v) is 22.1. The van der Waals surface area contributed by atoms with Crippen LogP contribution >= 0.6 is 0 Å². The summed E-state index contributed by atoms with van der Waals surface area (Å²) in [5.41, 5.74) is 1.99. The van der Waals surface area contributed by atoms with Crippen molar-refractivity contribution in [3.8, 4) is 0 Å². The zero-order valence-electron chi connectivity index (χ0n) is 22.1. The number of rotatable bonds is 11. The van der Waals surface area contributed by atoms with Crippen LogP contribution < -0.4 is 0 Å². The predicted molar refractivity (Wildman–Crippen MR) is 145 cm³/mol. The van der Waals surface area contributed by atoms with Crippen molar-refractivity contribution in [1.29, 1.82) is 0 Å². The quantitative estimate of drug-likeness (QED) is 0.177. The van der Waals surface area contributed by atoms with E-state index in [1.807, 2.05) is 18.2 Å². The number of unbranched alkanes of at least 4 members (excludes halogenated alkanes) is 3.